The summed E-state index contributed by atoms with van der Waals surface area (Å²) in [5.74, 6) is 7.11. The molecule has 0 spiro atoms. The third-order valence-electron chi connectivity index (χ3n) is 5.49. The Morgan fingerprint density at radius 1 is 1.15 bits per heavy atom. The van der Waals surface area contributed by atoms with Crippen LogP contribution in [0.25, 0.3) is 0 Å². The molecule has 1 heterocycles. The zero-order valence-electron chi connectivity index (χ0n) is 16.2. The molecule has 0 atom stereocenters. The lowest BCUT2D eigenvalue weighted by Gasteiger charge is -2.35. The Kier molecular flexibility index (Phi) is 4.94. The number of hydrogen-bond acceptors (Lipinski definition) is 6. The van der Waals surface area contributed by atoms with Gasteiger partial charge in [0.25, 0.3) is 0 Å². The van der Waals surface area contributed by atoms with Crippen LogP contribution < -0.4 is 21.8 Å². The molecule has 2 aliphatic rings. The van der Waals surface area contributed by atoms with Crippen molar-refractivity contribution in [3.05, 3.63) is 24.3 Å². The number of amidine groups is 1. The van der Waals surface area contributed by atoms with E-state index in [0.717, 1.165) is 24.1 Å². The predicted molar refractivity (Wildman–Crippen MR) is 103 cm³/mol. The summed E-state index contributed by atoms with van der Waals surface area (Å²) in [6.07, 6.45) is 1.85. The highest BCUT2D eigenvalue weighted by Crippen LogP contribution is 2.36. The van der Waals surface area contributed by atoms with Crippen LogP contribution in [0, 0.1) is 5.92 Å². The van der Waals surface area contributed by atoms with Gasteiger partial charge in [-0.3, -0.25) is 0 Å². The molecule has 1 aliphatic heterocycles. The van der Waals surface area contributed by atoms with Crippen LogP contribution >= 0.6 is 0 Å². The van der Waals surface area contributed by atoms with Crippen molar-refractivity contribution in [1.82, 2.24) is 5.12 Å². The van der Waals surface area contributed by atoms with E-state index in [1.807, 2.05) is 24.3 Å². The largest absolute Gasteiger partial charge is 0.494 e. The SMILES string of the molecule is CN(N)/N=C(\N)C1CC(Oc2ccc(B3OC(C)(C)C(C)(C)O3)cc2)C1. The van der Waals surface area contributed by atoms with Crippen LogP contribution in [-0.4, -0.2) is 42.4 Å². The van der Waals surface area contributed by atoms with Gasteiger partial charge in [-0.1, -0.05) is 12.1 Å². The van der Waals surface area contributed by atoms with E-state index in [0.29, 0.717) is 5.84 Å². The summed E-state index contributed by atoms with van der Waals surface area (Å²) >= 11 is 0. The number of nitrogens with zero attached hydrogens (tertiary/aromatic N) is 2. The number of hydrazone groups is 1. The minimum Gasteiger partial charge on any atom is -0.490 e. The zero-order chi connectivity index (χ0) is 19.1. The van der Waals surface area contributed by atoms with Gasteiger partial charge in [0.05, 0.1) is 11.2 Å². The van der Waals surface area contributed by atoms with Crippen LogP contribution in [0.4, 0.5) is 0 Å². The molecule has 1 saturated heterocycles. The average Bonchev–Trinajstić information content (AvgIpc) is 2.70. The fourth-order valence-electron chi connectivity index (χ4n) is 3.04. The van der Waals surface area contributed by atoms with E-state index in [4.69, 9.17) is 25.6 Å². The standard InChI is InChI=1S/C18H29BN4O3/c1-17(2)18(3,4)26-19(25-17)13-6-8-14(9-7-13)24-15-10-12(11-15)16(20)22-23(5)21/h6-9,12,15H,10-11,21H2,1-5H3,(H2,20,22). The second-order valence-corrected chi connectivity index (χ2v) is 8.16. The van der Waals surface area contributed by atoms with E-state index in [1.54, 1.807) is 7.05 Å². The Bertz CT molecular complexity index is 654. The van der Waals surface area contributed by atoms with Crippen LogP contribution in [0.2, 0.25) is 0 Å². The molecule has 0 radical (unpaired) electrons. The second kappa shape index (κ2) is 6.76. The van der Waals surface area contributed by atoms with Crippen LogP contribution in [0.3, 0.4) is 0 Å². The maximum atomic E-state index is 6.07. The topological polar surface area (TPSA) is 95.3 Å². The summed E-state index contributed by atoms with van der Waals surface area (Å²) in [6.45, 7) is 8.20. The molecule has 142 valence electrons. The molecule has 4 N–H and O–H groups in total. The van der Waals surface area contributed by atoms with E-state index in [2.05, 4.69) is 32.8 Å². The normalized spacial score (nSPS) is 27.2. The fraction of sp³-hybridized carbons (Fsp3) is 0.611. The summed E-state index contributed by atoms with van der Waals surface area (Å²) in [7, 11) is 1.30. The van der Waals surface area contributed by atoms with Gasteiger partial charge in [0.2, 0.25) is 0 Å². The minimum absolute atomic E-state index is 0.152. The molecule has 0 amide bonds. The second-order valence-electron chi connectivity index (χ2n) is 8.16. The van der Waals surface area contributed by atoms with Crippen molar-refractivity contribution in [2.45, 2.75) is 57.8 Å². The van der Waals surface area contributed by atoms with Crippen molar-refractivity contribution < 1.29 is 14.0 Å². The lowest BCUT2D eigenvalue weighted by Crippen LogP contribution is -2.42. The third-order valence-corrected chi connectivity index (χ3v) is 5.49. The molecule has 0 unspecified atom stereocenters. The summed E-state index contributed by atoms with van der Waals surface area (Å²) in [6, 6.07) is 7.90. The molecule has 0 bridgehead atoms. The van der Waals surface area contributed by atoms with Gasteiger partial charge in [-0.15, -0.1) is 5.10 Å². The van der Waals surface area contributed by atoms with Crippen molar-refractivity contribution in [2.75, 3.05) is 7.05 Å². The fourth-order valence-corrected chi connectivity index (χ4v) is 3.04. The first-order valence-corrected chi connectivity index (χ1v) is 9.02. The molecule has 3 rings (SSSR count). The van der Waals surface area contributed by atoms with Gasteiger partial charge in [0, 0.05) is 13.0 Å². The molecule has 1 saturated carbocycles. The number of hydrogen-bond donors (Lipinski definition) is 2. The van der Waals surface area contributed by atoms with Crippen molar-refractivity contribution in [1.29, 1.82) is 0 Å². The molecule has 0 aromatic heterocycles. The van der Waals surface area contributed by atoms with E-state index >= 15 is 0 Å². The minimum atomic E-state index is -0.355. The Balaban J connectivity index is 1.54. The first-order valence-electron chi connectivity index (χ1n) is 9.02. The summed E-state index contributed by atoms with van der Waals surface area (Å²) in [5, 5.41) is 5.28. The predicted octanol–water partition coefficient (Wildman–Crippen LogP) is 1.22. The molecular formula is C18H29BN4O3. The van der Waals surface area contributed by atoms with Gasteiger partial charge in [-0.25, -0.2) is 11.0 Å². The molecule has 2 fully saturated rings. The number of hydrazine groups is 1. The Morgan fingerprint density at radius 3 is 2.19 bits per heavy atom. The molecule has 8 heteroatoms. The van der Waals surface area contributed by atoms with Crippen molar-refractivity contribution in [3.63, 3.8) is 0 Å². The van der Waals surface area contributed by atoms with E-state index < -0.39 is 0 Å². The number of nitrogens with two attached hydrogens (primary N) is 2. The maximum absolute atomic E-state index is 6.07. The van der Waals surface area contributed by atoms with E-state index in [-0.39, 0.29) is 30.3 Å². The lowest BCUT2D eigenvalue weighted by molar-refractivity contribution is 0.00578. The first-order chi connectivity index (χ1) is 12.1. The maximum Gasteiger partial charge on any atom is 0.494 e. The first kappa shape index (κ1) is 19.0. The van der Waals surface area contributed by atoms with Gasteiger partial charge < -0.3 is 19.8 Å². The average molecular weight is 360 g/mol. The van der Waals surface area contributed by atoms with Gasteiger partial charge in [-0.2, -0.15) is 0 Å². The highest BCUT2D eigenvalue weighted by Gasteiger charge is 2.51. The summed E-state index contributed by atoms with van der Waals surface area (Å²) in [5.41, 5.74) is 6.22. The van der Waals surface area contributed by atoms with Crippen LogP contribution in [0.1, 0.15) is 40.5 Å². The number of rotatable bonds is 5. The van der Waals surface area contributed by atoms with Crippen molar-refractivity contribution >= 4 is 18.4 Å². The highest BCUT2D eigenvalue weighted by molar-refractivity contribution is 6.62. The van der Waals surface area contributed by atoms with E-state index in [9.17, 15) is 0 Å². The lowest BCUT2D eigenvalue weighted by atomic mass is 9.79. The van der Waals surface area contributed by atoms with Gasteiger partial charge in [0.1, 0.15) is 17.7 Å². The number of ether oxygens (including phenoxy) is 1. The monoisotopic (exact) mass is 360 g/mol. The summed E-state index contributed by atoms with van der Waals surface area (Å²) in [4.78, 5) is 0. The van der Waals surface area contributed by atoms with E-state index in [1.165, 1.54) is 5.12 Å². The quantitative estimate of drug-likeness (QED) is 0.270. The summed E-state index contributed by atoms with van der Waals surface area (Å²) < 4.78 is 18.1. The van der Waals surface area contributed by atoms with Crippen LogP contribution in [0.15, 0.2) is 29.4 Å². The number of benzene rings is 1. The van der Waals surface area contributed by atoms with Gasteiger partial charge >= 0.3 is 7.12 Å². The Labute approximate surface area is 155 Å². The van der Waals surface area contributed by atoms with Gasteiger partial charge in [-0.05, 0) is 58.1 Å². The molecule has 1 aromatic rings. The van der Waals surface area contributed by atoms with Gasteiger partial charge in [0.15, 0.2) is 0 Å². The third kappa shape index (κ3) is 3.82. The Hall–Kier alpha value is -1.77. The van der Waals surface area contributed by atoms with Crippen molar-refractivity contribution in [2.24, 2.45) is 22.6 Å². The molecule has 7 nitrogen and oxygen atoms in total. The molecule has 26 heavy (non-hydrogen) atoms. The van der Waals surface area contributed by atoms with Crippen LogP contribution in [-0.2, 0) is 9.31 Å². The highest BCUT2D eigenvalue weighted by atomic mass is 16.7. The van der Waals surface area contributed by atoms with Crippen LogP contribution in [0.5, 0.6) is 5.75 Å². The smallest absolute Gasteiger partial charge is 0.490 e. The van der Waals surface area contributed by atoms with Crippen molar-refractivity contribution in [3.8, 4) is 5.75 Å². The molecular weight excluding hydrogens is 331 g/mol. The zero-order valence-corrected chi connectivity index (χ0v) is 16.2. The Morgan fingerprint density at radius 2 is 1.69 bits per heavy atom. The molecule has 1 aromatic carbocycles. The molecule has 1 aliphatic carbocycles.